The Balaban J connectivity index is 2.49. The van der Waals surface area contributed by atoms with Crippen molar-refractivity contribution in [2.24, 2.45) is 5.73 Å². The Morgan fingerprint density at radius 3 is 2.87 bits per heavy atom. The van der Waals surface area contributed by atoms with Gasteiger partial charge in [-0.2, -0.15) is 0 Å². The number of nitrogens with two attached hydrogens (primary N) is 1. The van der Waals surface area contributed by atoms with Crippen LogP contribution in [0.25, 0.3) is 0 Å². The summed E-state index contributed by atoms with van der Waals surface area (Å²) in [5.41, 5.74) is 5.24. The maximum Gasteiger partial charge on any atom is 0.237 e. The van der Waals surface area contributed by atoms with E-state index in [1.807, 2.05) is 11.8 Å². The number of amides is 1. The van der Waals surface area contributed by atoms with Crippen LogP contribution >= 0.6 is 0 Å². The van der Waals surface area contributed by atoms with Gasteiger partial charge in [0, 0.05) is 13.0 Å². The van der Waals surface area contributed by atoms with Crippen LogP contribution in [-0.2, 0) is 14.3 Å². The Kier molecular flexibility index (Phi) is 4.71. The van der Waals surface area contributed by atoms with Crippen molar-refractivity contribution in [1.29, 1.82) is 0 Å². The average molecular weight is 214 g/mol. The van der Waals surface area contributed by atoms with E-state index in [1.165, 1.54) is 0 Å². The van der Waals surface area contributed by atoms with Gasteiger partial charge in [0.15, 0.2) is 0 Å². The van der Waals surface area contributed by atoms with E-state index in [0.29, 0.717) is 32.7 Å². The Bertz CT molecular complexity index is 243. The van der Waals surface area contributed by atoms with Gasteiger partial charge in [0.2, 0.25) is 5.91 Å². The lowest BCUT2D eigenvalue weighted by Gasteiger charge is -2.32. The molecule has 1 unspecified atom stereocenters. The van der Waals surface area contributed by atoms with Crippen LogP contribution in [0.4, 0.5) is 0 Å². The second kappa shape index (κ2) is 5.82. The monoisotopic (exact) mass is 214 g/mol. The highest BCUT2D eigenvalue weighted by molar-refractivity contribution is 5.83. The fourth-order valence-electron chi connectivity index (χ4n) is 1.67. The molecule has 0 aromatic heterocycles. The second-order valence-corrected chi connectivity index (χ2v) is 3.75. The first-order valence-corrected chi connectivity index (χ1v) is 5.28. The molecule has 1 saturated heterocycles. The lowest BCUT2D eigenvalue weighted by atomic mass is 10.1. The molecule has 1 aliphatic rings. The molecular formula is C10H18N2O3. The first kappa shape index (κ1) is 12.1. The smallest absolute Gasteiger partial charge is 0.237 e. The molecule has 5 heteroatoms. The number of hydrogen-bond donors (Lipinski definition) is 1. The zero-order valence-corrected chi connectivity index (χ0v) is 9.07. The summed E-state index contributed by atoms with van der Waals surface area (Å²) < 4.78 is 5.16. The molecule has 0 bridgehead atoms. The number of Topliss-reactive ketones (excluding diaryl/α,β-unsaturated/α-hetero) is 1. The number of ether oxygens (including phenoxy) is 1. The SMILES string of the molecule is CCCC(=O)CN1CCOCC1C(N)=O. The number of carbonyl (C=O) groups excluding carboxylic acids is 2. The van der Waals surface area contributed by atoms with E-state index in [4.69, 9.17) is 10.5 Å². The van der Waals surface area contributed by atoms with Gasteiger partial charge in [0.25, 0.3) is 0 Å². The predicted molar refractivity (Wildman–Crippen MR) is 55.3 cm³/mol. The van der Waals surface area contributed by atoms with Gasteiger partial charge in [-0.3, -0.25) is 14.5 Å². The van der Waals surface area contributed by atoms with Crippen molar-refractivity contribution in [3.63, 3.8) is 0 Å². The van der Waals surface area contributed by atoms with Crippen molar-refractivity contribution in [3.05, 3.63) is 0 Å². The molecule has 0 aromatic carbocycles. The maximum atomic E-state index is 11.4. The zero-order valence-electron chi connectivity index (χ0n) is 9.07. The molecule has 1 heterocycles. The molecule has 0 radical (unpaired) electrons. The molecule has 1 rings (SSSR count). The lowest BCUT2D eigenvalue weighted by Crippen LogP contribution is -2.53. The number of ketones is 1. The van der Waals surface area contributed by atoms with Gasteiger partial charge < -0.3 is 10.5 Å². The van der Waals surface area contributed by atoms with E-state index in [-0.39, 0.29) is 5.78 Å². The van der Waals surface area contributed by atoms with E-state index in [1.54, 1.807) is 0 Å². The van der Waals surface area contributed by atoms with Crippen LogP contribution in [0.3, 0.4) is 0 Å². The summed E-state index contributed by atoms with van der Waals surface area (Å²) >= 11 is 0. The van der Waals surface area contributed by atoms with E-state index >= 15 is 0 Å². The Morgan fingerprint density at radius 2 is 2.27 bits per heavy atom. The number of rotatable bonds is 5. The molecule has 0 aromatic rings. The third-order valence-electron chi connectivity index (χ3n) is 2.48. The highest BCUT2D eigenvalue weighted by Gasteiger charge is 2.28. The number of carbonyl (C=O) groups is 2. The molecule has 86 valence electrons. The van der Waals surface area contributed by atoms with Gasteiger partial charge in [0.1, 0.15) is 11.8 Å². The summed E-state index contributed by atoms with van der Waals surface area (Å²) in [5.74, 6) is -0.260. The van der Waals surface area contributed by atoms with Gasteiger partial charge in [-0.25, -0.2) is 0 Å². The summed E-state index contributed by atoms with van der Waals surface area (Å²) in [6.07, 6.45) is 1.40. The van der Waals surface area contributed by atoms with Crippen LogP contribution in [0.15, 0.2) is 0 Å². The summed E-state index contributed by atoms with van der Waals surface area (Å²) in [6, 6.07) is -0.445. The lowest BCUT2D eigenvalue weighted by molar-refractivity contribution is -0.132. The van der Waals surface area contributed by atoms with Crippen LogP contribution in [0.2, 0.25) is 0 Å². The van der Waals surface area contributed by atoms with Gasteiger partial charge in [0.05, 0.1) is 19.8 Å². The molecule has 1 atom stereocenters. The van der Waals surface area contributed by atoms with Crippen LogP contribution < -0.4 is 5.73 Å². The molecule has 0 spiro atoms. The summed E-state index contributed by atoms with van der Waals surface area (Å²) in [6.45, 7) is 3.73. The third kappa shape index (κ3) is 3.60. The van der Waals surface area contributed by atoms with Crippen molar-refractivity contribution in [2.45, 2.75) is 25.8 Å². The predicted octanol–water partition coefficient (Wildman–Crippen LogP) is -0.458. The van der Waals surface area contributed by atoms with Crippen LogP contribution in [0.5, 0.6) is 0 Å². The Hall–Kier alpha value is -0.940. The van der Waals surface area contributed by atoms with Crippen molar-refractivity contribution < 1.29 is 14.3 Å². The minimum absolute atomic E-state index is 0.158. The average Bonchev–Trinajstić information content (AvgIpc) is 2.18. The minimum Gasteiger partial charge on any atom is -0.378 e. The maximum absolute atomic E-state index is 11.4. The second-order valence-electron chi connectivity index (χ2n) is 3.75. The van der Waals surface area contributed by atoms with Crippen molar-refractivity contribution in [1.82, 2.24) is 4.90 Å². The first-order valence-electron chi connectivity index (χ1n) is 5.28. The Labute approximate surface area is 89.6 Å². The van der Waals surface area contributed by atoms with Crippen LogP contribution in [0, 0.1) is 0 Å². The van der Waals surface area contributed by atoms with Crippen LogP contribution in [-0.4, -0.2) is 48.9 Å². The largest absolute Gasteiger partial charge is 0.378 e. The standard InChI is InChI=1S/C10H18N2O3/c1-2-3-8(13)6-12-4-5-15-7-9(12)10(11)14/h9H,2-7H2,1H3,(H2,11,14). The van der Waals surface area contributed by atoms with Crippen LogP contribution in [0.1, 0.15) is 19.8 Å². The molecule has 5 nitrogen and oxygen atoms in total. The molecule has 0 aliphatic carbocycles. The van der Waals surface area contributed by atoms with Gasteiger partial charge >= 0.3 is 0 Å². The van der Waals surface area contributed by atoms with Gasteiger partial charge in [-0.15, -0.1) is 0 Å². The number of nitrogens with zero attached hydrogens (tertiary/aromatic N) is 1. The third-order valence-corrected chi connectivity index (χ3v) is 2.48. The molecule has 1 fully saturated rings. The summed E-state index contributed by atoms with van der Waals surface area (Å²) in [5, 5.41) is 0. The molecule has 1 aliphatic heterocycles. The molecule has 2 N–H and O–H groups in total. The Morgan fingerprint density at radius 1 is 1.53 bits per heavy atom. The quantitative estimate of drug-likeness (QED) is 0.672. The molecule has 1 amide bonds. The highest BCUT2D eigenvalue weighted by atomic mass is 16.5. The van der Waals surface area contributed by atoms with E-state index in [9.17, 15) is 9.59 Å². The highest BCUT2D eigenvalue weighted by Crippen LogP contribution is 2.07. The van der Waals surface area contributed by atoms with Crippen molar-refractivity contribution >= 4 is 11.7 Å². The van der Waals surface area contributed by atoms with Gasteiger partial charge in [-0.1, -0.05) is 6.92 Å². The normalized spacial score (nSPS) is 22.6. The van der Waals surface area contributed by atoms with Gasteiger partial charge in [-0.05, 0) is 6.42 Å². The molecule has 15 heavy (non-hydrogen) atoms. The molecule has 0 saturated carbocycles. The fraction of sp³-hybridized carbons (Fsp3) is 0.800. The summed E-state index contributed by atoms with van der Waals surface area (Å²) in [7, 11) is 0. The fourth-order valence-corrected chi connectivity index (χ4v) is 1.67. The topological polar surface area (TPSA) is 72.6 Å². The van der Waals surface area contributed by atoms with E-state index in [2.05, 4.69) is 0 Å². The van der Waals surface area contributed by atoms with Crippen molar-refractivity contribution in [3.8, 4) is 0 Å². The van der Waals surface area contributed by atoms with E-state index in [0.717, 1.165) is 6.42 Å². The van der Waals surface area contributed by atoms with E-state index < -0.39 is 11.9 Å². The zero-order chi connectivity index (χ0) is 11.3. The number of morpholine rings is 1. The summed E-state index contributed by atoms with van der Waals surface area (Å²) in [4.78, 5) is 24.3. The number of hydrogen-bond acceptors (Lipinski definition) is 4. The number of primary amides is 1. The van der Waals surface area contributed by atoms with Crippen molar-refractivity contribution in [2.75, 3.05) is 26.3 Å². The molecular weight excluding hydrogens is 196 g/mol. The minimum atomic E-state index is -0.445. The first-order chi connectivity index (χ1) is 7.15.